The molecule has 1 amide bonds. The zero-order valence-electron chi connectivity index (χ0n) is 12.4. The van der Waals surface area contributed by atoms with Crippen molar-refractivity contribution in [3.63, 3.8) is 0 Å². The quantitative estimate of drug-likeness (QED) is 0.850. The van der Waals surface area contributed by atoms with E-state index < -0.39 is 0 Å². The molecule has 0 aliphatic heterocycles. The van der Waals surface area contributed by atoms with Gasteiger partial charge in [-0.05, 0) is 45.1 Å². The molecule has 2 fully saturated rings. The van der Waals surface area contributed by atoms with Crippen LogP contribution in [0.15, 0.2) is 0 Å². The Morgan fingerprint density at radius 2 is 1.68 bits per heavy atom. The lowest BCUT2D eigenvalue weighted by molar-refractivity contribution is -0.141. The molecule has 3 nitrogen and oxygen atoms in total. The Bertz CT molecular complexity index is 286. The summed E-state index contributed by atoms with van der Waals surface area (Å²) < 4.78 is 0. The molecular weight excluding hydrogens is 236 g/mol. The van der Waals surface area contributed by atoms with E-state index in [1.165, 1.54) is 44.9 Å². The van der Waals surface area contributed by atoms with Crippen LogP contribution in [0.2, 0.25) is 0 Å². The molecule has 110 valence electrons. The van der Waals surface area contributed by atoms with Crippen LogP contribution in [0.25, 0.3) is 0 Å². The highest BCUT2D eigenvalue weighted by atomic mass is 16.2. The van der Waals surface area contributed by atoms with Gasteiger partial charge in [0.2, 0.25) is 5.91 Å². The fraction of sp³-hybridized carbons (Fsp3) is 0.938. The minimum absolute atomic E-state index is 0.209. The topological polar surface area (TPSA) is 46.3 Å². The van der Waals surface area contributed by atoms with Crippen LogP contribution in [-0.4, -0.2) is 29.9 Å². The average Bonchev–Trinajstić information content (AvgIpc) is 2.49. The second-order valence-electron chi connectivity index (χ2n) is 6.30. The second kappa shape index (κ2) is 7.28. The lowest BCUT2D eigenvalue weighted by atomic mass is 9.78. The number of rotatable bonds is 4. The monoisotopic (exact) mass is 266 g/mol. The average molecular weight is 266 g/mol. The third kappa shape index (κ3) is 3.50. The van der Waals surface area contributed by atoms with Crippen molar-refractivity contribution in [1.82, 2.24) is 4.90 Å². The van der Waals surface area contributed by atoms with Crippen LogP contribution in [0, 0.1) is 11.8 Å². The number of hydrogen-bond donors (Lipinski definition) is 1. The zero-order valence-corrected chi connectivity index (χ0v) is 12.4. The molecule has 0 saturated heterocycles. The summed E-state index contributed by atoms with van der Waals surface area (Å²) in [4.78, 5) is 15.0. The van der Waals surface area contributed by atoms with Crippen molar-refractivity contribution in [3.8, 4) is 0 Å². The second-order valence-corrected chi connectivity index (χ2v) is 6.30. The molecule has 2 N–H and O–H groups in total. The van der Waals surface area contributed by atoms with Gasteiger partial charge in [0.25, 0.3) is 0 Å². The first-order chi connectivity index (χ1) is 9.27. The first-order valence-corrected chi connectivity index (χ1v) is 8.28. The molecule has 0 heterocycles. The van der Waals surface area contributed by atoms with Crippen molar-refractivity contribution < 1.29 is 4.79 Å². The smallest absolute Gasteiger partial charge is 0.226 e. The molecule has 0 spiro atoms. The molecule has 0 aromatic heterocycles. The van der Waals surface area contributed by atoms with Crippen LogP contribution in [0.4, 0.5) is 0 Å². The summed E-state index contributed by atoms with van der Waals surface area (Å²) in [6.07, 6.45) is 11.0. The van der Waals surface area contributed by atoms with E-state index in [2.05, 4.69) is 11.8 Å². The Hall–Kier alpha value is -0.570. The lowest BCUT2D eigenvalue weighted by Crippen LogP contribution is -2.47. The molecule has 2 saturated carbocycles. The standard InChI is InChI=1S/C16H30N2O/c1-2-18(14-9-4-3-5-10-14)16(19)15-11-7-6-8-13(15)12-17/h13-15H,2-12,17H2,1H3. The van der Waals surface area contributed by atoms with Crippen molar-refractivity contribution in [2.75, 3.05) is 13.1 Å². The Balaban J connectivity index is 2.01. The van der Waals surface area contributed by atoms with Crippen molar-refractivity contribution in [3.05, 3.63) is 0 Å². The number of nitrogens with zero attached hydrogens (tertiary/aromatic N) is 1. The van der Waals surface area contributed by atoms with Gasteiger partial charge in [0, 0.05) is 18.5 Å². The summed E-state index contributed by atoms with van der Waals surface area (Å²) in [6, 6.07) is 0.506. The predicted octanol–water partition coefficient (Wildman–Crippen LogP) is 2.93. The van der Waals surface area contributed by atoms with Gasteiger partial charge in [-0.25, -0.2) is 0 Å². The molecule has 2 aliphatic rings. The highest BCUT2D eigenvalue weighted by Crippen LogP contribution is 2.32. The van der Waals surface area contributed by atoms with Crippen molar-refractivity contribution in [1.29, 1.82) is 0 Å². The van der Waals surface area contributed by atoms with Gasteiger partial charge in [-0.2, -0.15) is 0 Å². The van der Waals surface area contributed by atoms with Crippen molar-refractivity contribution in [2.45, 2.75) is 70.8 Å². The van der Waals surface area contributed by atoms with E-state index in [0.717, 1.165) is 19.4 Å². The first-order valence-electron chi connectivity index (χ1n) is 8.28. The third-order valence-corrected chi connectivity index (χ3v) is 5.17. The van der Waals surface area contributed by atoms with E-state index in [0.29, 0.717) is 24.4 Å². The van der Waals surface area contributed by atoms with Gasteiger partial charge in [-0.1, -0.05) is 32.1 Å². The Morgan fingerprint density at radius 1 is 1.05 bits per heavy atom. The van der Waals surface area contributed by atoms with Gasteiger partial charge in [0.05, 0.1) is 0 Å². The Labute approximate surface area is 117 Å². The zero-order chi connectivity index (χ0) is 13.7. The minimum Gasteiger partial charge on any atom is -0.340 e. The lowest BCUT2D eigenvalue weighted by Gasteiger charge is -2.39. The van der Waals surface area contributed by atoms with Gasteiger partial charge in [-0.15, -0.1) is 0 Å². The number of amides is 1. The maximum Gasteiger partial charge on any atom is 0.226 e. The number of carbonyl (C=O) groups excluding carboxylic acids is 1. The molecule has 0 radical (unpaired) electrons. The Morgan fingerprint density at radius 3 is 2.32 bits per heavy atom. The summed E-state index contributed by atoms with van der Waals surface area (Å²) in [5.74, 6) is 1.05. The number of hydrogen-bond acceptors (Lipinski definition) is 2. The van der Waals surface area contributed by atoms with Crippen LogP contribution < -0.4 is 5.73 Å². The molecule has 0 aromatic rings. The summed E-state index contributed by atoms with van der Waals surface area (Å²) >= 11 is 0. The number of nitrogens with two attached hydrogens (primary N) is 1. The van der Waals surface area contributed by atoms with Crippen LogP contribution in [-0.2, 0) is 4.79 Å². The SMILES string of the molecule is CCN(C(=O)C1CCCCC1CN)C1CCCCC1. The van der Waals surface area contributed by atoms with Crippen LogP contribution >= 0.6 is 0 Å². The van der Waals surface area contributed by atoms with E-state index in [1.807, 2.05) is 0 Å². The molecule has 19 heavy (non-hydrogen) atoms. The van der Waals surface area contributed by atoms with Gasteiger partial charge in [0.15, 0.2) is 0 Å². The molecule has 3 heteroatoms. The Kier molecular flexibility index (Phi) is 5.68. The normalized spacial score (nSPS) is 29.2. The van der Waals surface area contributed by atoms with Crippen molar-refractivity contribution >= 4 is 5.91 Å². The predicted molar refractivity (Wildman–Crippen MR) is 78.8 cm³/mol. The summed E-state index contributed by atoms with van der Waals surface area (Å²) in [6.45, 7) is 3.68. The van der Waals surface area contributed by atoms with Gasteiger partial charge in [-0.3, -0.25) is 4.79 Å². The molecule has 2 rings (SSSR count). The maximum atomic E-state index is 12.9. The molecular formula is C16H30N2O. The van der Waals surface area contributed by atoms with Crippen LogP contribution in [0.3, 0.4) is 0 Å². The number of carbonyl (C=O) groups is 1. The van der Waals surface area contributed by atoms with E-state index in [9.17, 15) is 4.79 Å². The largest absolute Gasteiger partial charge is 0.340 e. The van der Waals surface area contributed by atoms with E-state index in [4.69, 9.17) is 5.73 Å². The van der Waals surface area contributed by atoms with E-state index in [1.54, 1.807) is 0 Å². The highest BCUT2D eigenvalue weighted by molar-refractivity contribution is 5.79. The van der Waals surface area contributed by atoms with E-state index in [-0.39, 0.29) is 5.92 Å². The molecule has 0 bridgehead atoms. The van der Waals surface area contributed by atoms with Gasteiger partial charge < -0.3 is 10.6 Å². The fourth-order valence-electron chi connectivity index (χ4n) is 4.01. The third-order valence-electron chi connectivity index (χ3n) is 5.17. The maximum absolute atomic E-state index is 12.9. The highest BCUT2D eigenvalue weighted by Gasteiger charge is 2.35. The van der Waals surface area contributed by atoms with Crippen LogP contribution in [0.5, 0.6) is 0 Å². The minimum atomic E-state index is 0.209. The summed E-state index contributed by atoms with van der Waals surface area (Å²) in [5.41, 5.74) is 5.88. The molecule has 0 aromatic carbocycles. The molecule has 2 unspecified atom stereocenters. The van der Waals surface area contributed by atoms with Gasteiger partial charge in [0.1, 0.15) is 0 Å². The van der Waals surface area contributed by atoms with Gasteiger partial charge >= 0.3 is 0 Å². The van der Waals surface area contributed by atoms with Crippen molar-refractivity contribution in [2.24, 2.45) is 17.6 Å². The summed E-state index contributed by atoms with van der Waals surface area (Å²) in [5, 5.41) is 0. The first kappa shape index (κ1) is 14.8. The van der Waals surface area contributed by atoms with Crippen LogP contribution in [0.1, 0.15) is 64.7 Å². The van der Waals surface area contributed by atoms with E-state index >= 15 is 0 Å². The molecule has 2 atom stereocenters. The summed E-state index contributed by atoms with van der Waals surface area (Å²) in [7, 11) is 0. The molecule has 2 aliphatic carbocycles. The fourth-order valence-corrected chi connectivity index (χ4v) is 4.01.